The van der Waals surface area contributed by atoms with Crippen LogP contribution < -0.4 is 9.62 Å². The Morgan fingerprint density at radius 1 is 1.03 bits per heavy atom. The molecule has 11 heteroatoms. The van der Waals surface area contributed by atoms with E-state index in [2.05, 4.69) is 5.32 Å². The minimum Gasteiger partial charge on any atom is -0.352 e. The Labute approximate surface area is 242 Å². The highest BCUT2D eigenvalue weighted by Crippen LogP contribution is 2.27. The quantitative estimate of drug-likeness (QED) is 0.413. The van der Waals surface area contributed by atoms with Gasteiger partial charge in [0.05, 0.1) is 5.69 Å². The molecule has 0 aromatic heterocycles. The largest absolute Gasteiger partial charge is 0.352 e. The summed E-state index contributed by atoms with van der Waals surface area (Å²) in [6.07, 6.45) is 5.05. The van der Waals surface area contributed by atoms with Crippen LogP contribution in [0.1, 0.15) is 55.7 Å². The Kier molecular flexibility index (Phi) is 10.7. The van der Waals surface area contributed by atoms with Crippen LogP contribution in [0.15, 0.2) is 36.4 Å². The van der Waals surface area contributed by atoms with Gasteiger partial charge in [-0.25, -0.2) is 4.31 Å². The van der Waals surface area contributed by atoms with Gasteiger partial charge in [0.15, 0.2) is 0 Å². The van der Waals surface area contributed by atoms with Gasteiger partial charge in [-0.05, 0) is 68.5 Å². The molecule has 2 aromatic rings. The van der Waals surface area contributed by atoms with Crippen molar-refractivity contribution in [2.45, 2.75) is 71.5 Å². The van der Waals surface area contributed by atoms with Gasteiger partial charge in [-0.3, -0.25) is 9.59 Å². The van der Waals surface area contributed by atoms with E-state index >= 15 is 0 Å². The zero-order valence-electron chi connectivity index (χ0n) is 23.2. The van der Waals surface area contributed by atoms with Gasteiger partial charge < -0.3 is 10.2 Å². The van der Waals surface area contributed by atoms with Crippen LogP contribution in [-0.4, -0.2) is 62.2 Å². The van der Waals surface area contributed by atoms with E-state index in [1.54, 1.807) is 38.1 Å². The fourth-order valence-corrected chi connectivity index (χ4v) is 6.26. The molecule has 1 fully saturated rings. The molecule has 3 rings (SSSR count). The molecule has 2 aromatic carbocycles. The zero-order chi connectivity index (χ0) is 28.9. The van der Waals surface area contributed by atoms with Crippen LogP contribution in [0.5, 0.6) is 0 Å². The van der Waals surface area contributed by atoms with Crippen molar-refractivity contribution in [2.75, 3.05) is 24.9 Å². The molecule has 0 unspecified atom stereocenters. The molecule has 1 aliphatic carbocycles. The van der Waals surface area contributed by atoms with Crippen LogP contribution in [0.3, 0.4) is 0 Å². The standard InChI is InChI=1S/C28H38Cl2N4O4S/c1-19-11-12-20(2)26(15-19)34(39(37,38)32(4)5)18-27(35)33(17-22-13-14-23(29)16-25(22)30)21(3)28(36)31-24-9-7-6-8-10-24/h11-16,21,24H,6-10,17-18H2,1-5H3,(H,31,36)/t21-/m1/s1. The minimum atomic E-state index is -4.04. The van der Waals surface area contributed by atoms with Crippen LogP contribution in [0.25, 0.3) is 0 Å². The van der Waals surface area contributed by atoms with Crippen molar-refractivity contribution in [1.82, 2.24) is 14.5 Å². The van der Waals surface area contributed by atoms with Gasteiger partial charge in [0.1, 0.15) is 12.6 Å². The number of carbonyl (C=O) groups excluding carboxylic acids is 2. The second-order valence-electron chi connectivity index (χ2n) is 10.4. The maximum absolute atomic E-state index is 14.0. The van der Waals surface area contributed by atoms with E-state index in [4.69, 9.17) is 23.2 Å². The number of anilines is 1. The molecular weight excluding hydrogens is 559 g/mol. The first-order valence-electron chi connectivity index (χ1n) is 13.1. The van der Waals surface area contributed by atoms with Crippen molar-refractivity contribution in [3.63, 3.8) is 0 Å². The number of nitrogens with one attached hydrogen (secondary N) is 1. The number of rotatable bonds is 10. The highest BCUT2D eigenvalue weighted by Gasteiger charge is 2.34. The zero-order valence-corrected chi connectivity index (χ0v) is 25.5. The first kappa shape index (κ1) is 31.2. The fraction of sp³-hybridized carbons (Fsp3) is 0.500. The van der Waals surface area contributed by atoms with Gasteiger partial charge >= 0.3 is 10.2 Å². The van der Waals surface area contributed by atoms with Crippen molar-refractivity contribution in [3.05, 3.63) is 63.1 Å². The molecule has 0 radical (unpaired) electrons. The summed E-state index contributed by atoms with van der Waals surface area (Å²) in [4.78, 5) is 28.7. The van der Waals surface area contributed by atoms with Gasteiger partial charge in [-0.15, -0.1) is 0 Å². The van der Waals surface area contributed by atoms with Crippen molar-refractivity contribution >= 4 is 50.9 Å². The number of nitrogens with zero attached hydrogens (tertiary/aromatic N) is 3. The van der Waals surface area contributed by atoms with Crippen LogP contribution in [0.2, 0.25) is 10.0 Å². The molecule has 2 amide bonds. The highest BCUT2D eigenvalue weighted by atomic mass is 35.5. The Balaban J connectivity index is 1.98. The lowest BCUT2D eigenvalue weighted by Gasteiger charge is -2.34. The minimum absolute atomic E-state index is 0.0107. The Morgan fingerprint density at radius 3 is 2.31 bits per heavy atom. The number of benzene rings is 2. The van der Waals surface area contributed by atoms with E-state index in [9.17, 15) is 18.0 Å². The molecule has 0 saturated heterocycles. The summed E-state index contributed by atoms with van der Waals surface area (Å²) >= 11 is 12.5. The Hall–Kier alpha value is -2.33. The summed E-state index contributed by atoms with van der Waals surface area (Å²) in [5.74, 6) is -0.812. The number of amides is 2. The fourth-order valence-electron chi connectivity index (χ4n) is 4.67. The third kappa shape index (κ3) is 7.87. The lowest BCUT2D eigenvalue weighted by molar-refractivity contribution is -0.139. The summed E-state index contributed by atoms with van der Waals surface area (Å²) in [6, 6.07) is 9.58. The maximum Gasteiger partial charge on any atom is 0.304 e. The predicted molar refractivity (Wildman–Crippen MR) is 157 cm³/mol. The predicted octanol–water partition coefficient (Wildman–Crippen LogP) is 5.09. The molecule has 214 valence electrons. The third-order valence-electron chi connectivity index (χ3n) is 7.13. The number of aryl methyl sites for hydroxylation is 2. The lowest BCUT2D eigenvalue weighted by Crippen LogP contribution is -2.53. The van der Waals surface area contributed by atoms with Crippen LogP contribution in [0, 0.1) is 13.8 Å². The summed E-state index contributed by atoms with van der Waals surface area (Å²) in [7, 11) is -1.20. The summed E-state index contributed by atoms with van der Waals surface area (Å²) in [5.41, 5.74) is 2.56. The smallest absolute Gasteiger partial charge is 0.304 e. The SMILES string of the molecule is Cc1ccc(C)c(N(CC(=O)N(Cc2ccc(Cl)cc2Cl)[C@H](C)C(=O)NC2CCCCC2)S(=O)(=O)N(C)C)c1. The number of hydrogen-bond acceptors (Lipinski definition) is 4. The van der Waals surface area contributed by atoms with E-state index in [-0.39, 0.29) is 18.5 Å². The molecular formula is C28H38Cl2N4O4S. The molecule has 8 nitrogen and oxygen atoms in total. The third-order valence-corrected chi connectivity index (χ3v) is 9.52. The van der Waals surface area contributed by atoms with E-state index in [1.807, 2.05) is 19.1 Å². The second-order valence-corrected chi connectivity index (χ2v) is 13.3. The molecule has 0 bridgehead atoms. The summed E-state index contributed by atoms with van der Waals surface area (Å²) < 4.78 is 29.0. The molecule has 1 N–H and O–H groups in total. The number of hydrogen-bond donors (Lipinski definition) is 1. The average Bonchev–Trinajstić information content (AvgIpc) is 2.88. The van der Waals surface area contributed by atoms with Crippen molar-refractivity contribution in [2.24, 2.45) is 0 Å². The normalized spacial score (nSPS) is 15.2. The first-order chi connectivity index (χ1) is 18.3. The van der Waals surface area contributed by atoms with E-state index < -0.39 is 28.7 Å². The molecule has 1 saturated carbocycles. The molecule has 0 spiro atoms. The van der Waals surface area contributed by atoms with Gasteiger partial charge in [-0.2, -0.15) is 12.7 Å². The van der Waals surface area contributed by atoms with Crippen LogP contribution in [-0.2, 0) is 26.3 Å². The average molecular weight is 598 g/mol. The van der Waals surface area contributed by atoms with Crippen LogP contribution >= 0.6 is 23.2 Å². The summed E-state index contributed by atoms with van der Waals surface area (Å²) in [5, 5.41) is 3.89. The molecule has 1 aliphatic rings. The van der Waals surface area contributed by atoms with Crippen molar-refractivity contribution in [1.29, 1.82) is 0 Å². The molecule has 39 heavy (non-hydrogen) atoms. The topological polar surface area (TPSA) is 90.0 Å². The lowest BCUT2D eigenvalue weighted by atomic mass is 9.95. The maximum atomic E-state index is 14.0. The monoisotopic (exact) mass is 596 g/mol. The van der Waals surface area contributed by atoms with E-state index in [1.165, 1.54) is 19.0 Å². The second kappa shape index (κ2) is 13.4. The van der Waals surface area contributed by atoms with Gasteiger partial charge in [-0.1, -0.05) is 60.7 Å². The van der Waals surface area contributed by atoms with Crippen LogP contribution in [0.4, 0.5) is 5.69 Å². The number of halogens is 2. The molecule has 0 heterocycles. The van der Waals surface area contributed by atoms with Crippen molar-refractivity contribution < 1.29 is 18.0 Å². The number of carbonyl (C=O) groups is 2. The van der Waals surface area contributed by atoms with Gasteiger partial charge in [0.25, 0.3) is 0 Å². The highest BCUT2D eigenvalue weighted by molar-refractivity contribution is 7.90. The Bertz CT molecular complexity index is 1300. The first-order valence-corrected chi connectivity index (χ1v) is 15.3. The molecule has 1 atom stereocenters. The van der Waals surface area contributed by atoms with Gasteiger partial charge in [0, 0.05) is 36.7 Å². The Morgan fingerprint density at radius 2 is 1.69 bits per heavy atom. The van der Waals surface area contributed by atoms with E-state index in [0.717, 1.165) is 46.3 Å². The van der Waals surface area contributed by atoms with Gasteiger partial charge in [0.2, 0.25) is 11.8 Å². The van der Waals surface area contributed by atoms with E-state index in [0.29, 0.717) is 26.9 Å². The molecule has 0 aliphatic heterocycles. The van der Waals surface area contributed by atoms with Crippen molar-refractivity contribution in [3.8, 4) is 0 Å². The summed E-state index contributed by atoms with van der Waals surface area (Å²) in [6.45, 7) is 4.83.